The fourth-order valence-corrected chi connectivity index (χ4v) is 2.32. The maximum atomic E-state index is 12.1. The zero-order valence-electron chi connectivity index (χ0n) is 11.8. The molecule has 5 nitrogen and oxygen atoms in total. The van der Waals surface area contributed by atoms with Crippen LogP contribution in [0.3, 0.4) is 0 Å². The summed E-state index contributed by atoms with van der Waals surface area (Å²) in [5, 5.41) is 12.2. The number of thioether (sulfide) groups is 1. The number of carbonyl (C=O) groups excluding carboxylic acids is 1. The molecule has 0 bridgehead atoms. The van der Waals surface area contributed by atoms with Crippen molar-refractivity contribution in [3.63, 3.8) is 0 Å². The number of carboxylic acid groups (broad SMARTS) is 1. The summed E-state index contributed by atoms with van der Waals surface area (Å²) < 4.78 is 0. The van der Waals surface area contributed by atoms with Gasteiger partial charge >= 0.3 is 12.0 Å². The fourth-order valence-electron chi connectivity index (χ4n) is 1.70. The van der Waals surface area contributed by atoms with E-state index in [1.165, 1.54) is 4.90 Å². The molecule has 0 unspecified atom stereocenters. The first-order valence-electron chi connectivity index (χ1n) is 6.56. The van der Waals surface area contributed by atoms with Crippen LogP contribution in [-0.2, 0) is 4.79 Å². The van der Waals surface area contributed by atoms with E-state index in [4.69, 9.17) is 16.7 Å². The molecule has 0 aliphatic heterocycles. The Bertz CT molecular complexity index is 468. The number of nitrogens with zero attached hydrogens (tertiary/aromatic N) is 1. The van der Waals surface area contributed by atoms with Crippen molar-refractivity contribution in [3.05, 3.63) is 29.3 Å². The minimum Gasteiger partial charge on any atom is -0.480 e. The van der Waals surface area contributed by atoms with Crippen LogP contribution < -0.4 is 10.2 Å². The SMILES string of the molecule is CSCCCCNC(=O)N(CC(=O)O)c1ccc(Cl)cc1. The van der Waals surface area contributed by atoms with Crippen LogP contribution in [0.1, 0.15) is 12.8 Å². The van der Waals surface area contributed by atoms with Gasteiger partial charge in [0.2, 0.25) is 0 Å². The van der Waals surface area contributed by atoms with Crippen molar-refractivity contribution in [2.24, 2.45) is 0 Å². The molecule has 0 atom stereocenters. The number of urea groups is 1. The average Bonchev–Trinajstić information content (AvgIpc) is 2.45. The van der Waals surface area contributed by atoms with Crippen molar-refractivity contribution < 1.29 is 14.7 Å². The number of hydrogen-bond donors (Lipinski definition) is 2. The number of halogens is 1. The van der Waals surface area contributed by atoms with Crippen molar-refractivity contribution in [3.8, 4) is 0 Å². The molecule has 21 heavy (non-hydrogen) atoms. The maximum absolute atomic E-state index is 12.1. The third-order valence-electron chi connectivity index (χ3n) is 2.73. The number of rotatable bonds is 8. The van der Waals surface area contributed by atoms with Gasteiger partial charge in [0, 0.05) is 17.3 Å². The van der Waals surface area contributed by atoms with Crippen LogP contribution in [0.25, 0.3) is 0 Å². The molecule has 0 radical (unpaired) electrons. The largest absolute Gasteiger partial charge is 0.480 e. The van der Waals surface area contributed by atoms with E-state index in [2.05, 4.69) is 5.32 Å². The highest BCUT2D eigenvalue weighted by Gasteiger charge is 2.18. The quantitative estimate of drug-likeness (QED) is 0.719. The number of carbonyl (C=O) groups is 2. The van der Waals surface area contributed by atoms with Crippen LogP contribution in [0.4, 0.5) is 10.5 Å². The maximum Gasteiger partial charge on any atom is 0.323 e. The zero-order valence-corrected chi connectivity index (χ0v) is 13.4. The van der Waals surface area contributed by atoms with E-state index in [1.54, 1.807) is 36.0 Å². The normalized spacial score (nSPS) is 10.2. The third kappa shape index (κ3) is 6.73. The molecule has 0 aromatic heterocycles. The highest BCUT2D eigenvalue weighted by atomic mass is 35.5. The molecule has 0 heterocycles. The Kier molecular flexibility index (Phi) is 8.00. The van der Waals surface area contributed by atoms with Gasteiger partial charge in [-0.1, -0.05) is 11.6 Å². The third-order valence-corrected chi connectivity index (χ3v) is 3.68. The molecule has 1 aromatic rings. The summed E-state index contributed by atoms with van der Waals surface area (Å²) in [6.45, 7) is 0.140. The minimum absolute atomic E-state index is 0.391. The van der Waals surface area contributed by atoms with Crippen molar-refractivity contribution in [1.82, 2.24) is 5.32 Å². The Balaban J connectivity index is 2.62. The van der Waals surface area contributed by atoms with Crippen molar-refractivity contribution in [2.75, 3.05) is 30.0 Å². The molecule has 0 aliphatic carbocycles. The molecule has 1 rings (SSSR count). The summed E-state index contributed by atoms with van der Waals surface area (Å²) in [6, 6.07) is 6.08. The van der Waals surface area contributed by atoms with Gasteiger partial charge < -0.3 is 10.4 Å². The predicted octanol–water partition coefficient (Wildman–Crippen LogP) is 3.08. The van der Waals surface area contributed by atoms with Gasteiger partial charge in [-0.3, -0.25) is 9.69 Å². The molecule has 0 fully saturated rings. The van der Waals surface area contributed by atoms with Crippen molar-refractivity contribution in [2.45, 2.75) is 12.8 Å². The second kappa shape index (κ2) is 9.52. The summed E-state index contributed by atoms with van der Waals surface area (Å²) in [4.78, 5) is 24.2. The Hall–Kier alpha value is -1.40. The van der Waals surface area contributed by atoms with Crippen LogP contribution in [0.5, 0.6) is 0 Å². The number of hydrogen-bond acceptors (Lipinski definition) is 3. The number of anilines is 1. The number of aliphatic carboxylic acids is 1. The topological polar surface area (TPSA) is 69.6 Å². The van der Waals surface area contributed by atoms with Crippen LogP contribution in [0, 0.1) is 0 Å². The van der Waals surface area contributed by atoms with Crippen LogP contribution >= 0.6 is 23.4 Å². The number of amides is 2. The molecule has 1 aromatic carbocycles. The van der Waals surface area contributed by atoms with Gasteiger partial charge in [-0.25, -0.2) is 4.79 Å². The average molecular weight is 331 g/mol. The lowest BCUT2D eigenvalue weighted by Crippen LogP contribution is -2.43. The minimum atomic E-state index is -1.07. The molecular weight excluding hydrogens is 312 g/mol. The van der Waals surface area contributed by atoms with E-state index in [0.717, 1.165) is 18.6 Å². The zero-order chi connectivity index (χ0) is 15.7. The first-order chi connectivity index (χ1) is 10.0. The Morgan fingerprint density at radius 1 is 1.29 bits per heavy atom. The summed E-state index contributed by atoms with van der Waals surface area (Å²) in [5.74, 6) is -0.0196. The van der Waals surface area contributed by atoms with Gasteiger partial charge in [0.25, 0.3) is 0 Å². The van der Waals surface area contributed by atoms with Crippen molar-refractivity contribution in [1.29, 1.82) is 0 Å². The molecule has 0 saturated heterocycles. The molecular formula is C14H19ClN2O3S. The molecule has 0 spiro atoms. The van der Waals surface area contributed by atoms with E-state index >= 15 is 0 Å². The first kappa shape index (κ1) is 17.7. The van der Waals surface area contributed by atoms with E-state index in [-0.39, 0.29) is 0 Å². The van der Waals surface area contributed by atoms with E-state index in [1.807, 2.05) is 6.26 Å². The van der Waals surface area contributed by atoms with E-state index in [0.29, 0.717) is 17.3 Å². The number of carboxylic acids is 1. The van der Waals surface area contributed by atoms with Gasteiger partial charge in [0.15, 0.2) is 0 Å². The van der Waals surface area contributed by atoms with Gasteiger partial charge in [0.05, 0.1) is 0 Å². The highest BCUT2D eigenvalue weighted by Crippen LogP contribution is 2.18. The predicted molar refractivity (Wildman–Crippen MR) is 87.4 cm³/mol. The lowest BCUT2D eigenvalue weighted by atomic mass is 10.3. The number of benzene rings is 1. The second-order valence-corrected chi connectivity index (χ2v) is 5.81. The number of unbranched alkanes of at least 4 members (excludes halogenated alkanes) is 1. The van der Waals surface area contributed by atoms with Crippen LogP contribution in [-0.4, -0.2) is 42.2 Å². The molecule has 116 valence electrons. The molecule has 0 aliphatic rings. The fraction of sp³-hybridized carbons (Fsp3) is 0.429. The molecule has 2 N–H and O–H groups in total. The Labute approximate surface area is 133 Å². The lowest BCUT2D eigenvalue weighted by molar-refractivity contribution is -0.135. The summed E-state index contributed by atoms with van der Waals surface area (Å²) in [6.07, 6.45) is 3.92. The Morgan fingerprint density at radius 2 is 1.95 bits per heavy atom. The summed E-state index contributed by atoms with van der Waals surface area (Å²) >= 11 is 7.56. The Morgan fingerprint density at radius 3 is 2.52 bits per heavy atom. The highest BCUT2D eigenvalue weighted by molar-refractivity contribution is 7.98. The van der Waals surface area contributed by atoms with E-state index in [9.17, 15) is 9.59 Å². The summed E-state index contributed by atoms with van der Waals surface area (Å²) in [5.41, 5.74) is 0.503. The molecule has 2 amide bonds. The van der Waals surface area contributed by atoms with Gasteiger partial charge in [-0.05, 0) is 49.1 Å². The van der Waals surface area contributed by atoms with Gasteiger partial charge in [0.1, 0.15) is 6.54 Å². The first-order valence-corrected chi connectivity index (χ1v) is 8.33. The lowest BCUT2D eigenvalue weighted by Gasteiger charge is -2.21. The van der Waals surface area contributed by atoms with Crippen LogP contribution in [0.2, 0.25) is 5.02 Å². The van der Waals surface area contributed by atoms with Crippen LogP contribution in [0.15, 0.2) is 24.3 Å². The van der Waals surface area contributed by atoms with E-state index < -0.39 is 18.5 Å². The number of nitrogens with one attached hydrogen (secondary N) is 1. The van der Waals surface area contributed by atoms with Gasteiger partial charge in [-0.2, -0.15) is 11.8 Å². The summed E-state index contributed by atoms with van der Waals surface area (Å²) in [7, 11) is 0. The molecule has 7 heteroatoms. The monoisotopic (exact) mass is 330 g/mol. The smallest absolute Gasteiger partial charge is 0.323 e. The second-order valence-electron chi connectivity index (χ2n) is 4.39. The van der Waals surface area contributed by atoms with Gasteiger partial charge in [-0.15, -0.1) is 0 Å². The standard InChI is InChI=1S/C14H19ClN2O3S/c1-21-9-3-2-8-16-14(20)17(10-13(18)19)12-6-4-11(15)5-7-12/h4-7H,2-3,8-10H2,1H3,(H,16,20)(H,18,19). The molecule has 0 saturated carbocycles. The van der Waals surface area contributed by atoms with Crippen molar-refractivity contribution >= 4 is 41.1 Å².